The fraction of sp³-hybridized carbons (Fsp3) is 0.412. The van der Waals surface area contributed by atoms with E-state index in [1.807, 2.05) is 24.0 Å². The van der Waals surface area contributed by atoms with Gasteiger partial charge in [-0.1, -0.05) is 0 Å². The van der Waals surface area contributed by atoms with Crippen molar-refractivity contribution in [1.82, 2.24) is 20.1 Å². The van der Waals surface area contributed by atoms with Crippen LogP contribution >= 0.6 is 0 Å². The number of nitrogens with zero attached hydrogens (tertiary/aromatic N) is 5. The second-order valence-electron chi connectivity index (χ2n) is 6.15. The molecule has 0 radical (unpaired) electrons. The van der Waals surface area contributed by atoms with E-state index in [4.69, 9.17) is 4.74 Å². The zero-order valence-electron chi connectivity index (χ0n) is 13.5. The number of morpholine rings is 1. The van der Waals surface area contributed by atoms with Crippen LogP contribution in [-0.4, -0.2) is 64.4 Å². The van der Waals surface area contributed by atoms with E-state index >= 15 is 0 Å². The molecule has 0 N–H and O–H groups in total. The van der Waals surface area contributed by atoms with E-state index in [-0.39, 0.29) is 18.1 Å². The van der Waals surface area contributed by atoms with Crippen LogP contribution in [0.5, 0.6) is 0 Å². The van der Waals surface area contributed by atoms with Crippen molar-refractivity contribution in [3.63, 3.8) is 0 Å². The fourth-order valence-electron chi connectivity index (χ4n) is 3.36. The number of rotatable bonds is 2. The van der Waals surface area contributed by atoms with Crippen molar-refractivity contribution >= 4 is 11.7 Å². The first-order valence-corrected chi connectivity index (χ1v) is 8.10. The van der Waals surface area contributed by atoms with Crippen molar-refractivity contribution < 1.29 is 9.53 Å². The number of carbonyl (C=O) groups excluding carboxylic acids is 1. The topological polar surface area (TPSA) is 71.5 Å². The molecule has 0 aliphatic carbocycles. The molecule has 24 heavy (non-hydrogen) atoms. The second kappa shape index (κ2) is 6.16. The van der Waals surface area contributed by atoms with Gasteiger partial charge in [0, 0.05) is 37.6 Å². The Kier molecular flexibility index (Phi) is 3.86. The van der Waals surface area contributed by atoms with Gasteiger partial charge in [0.2, 0.25) is 0 Å². The number of amides is 1. The molecule has 2 aliphatic rings. The van der Waals surface area contributed by atoms with E-state index < -0.39 is 0 Å². The summed E-state index contributed by atoms with van der Waals surface area (Å²) in [6, 6.07) is 7.55. The number of carbonyl (C=O) groups is 1. The molecule has 4 heterocycles. The number of hydrogen-bond donors (Lipinski definition) is 0. The number of anilines is 1. The molecule has 1 amide bonds. The quantitative estimate of drug-likeness (QED) is 0.817. The summed E-state index contributed by atoms with van der Waals surface area (Å²) in [5.74, 6) is 0.863. The molecule has 0 unspecified atom stereocenters. The summed E-state index contributed by atoms with van der Waals surface area (Å²) in [5.41, 5.74) is 1.55. The maximum Gasteiger partial charge on any atom is 0.254 e. The lowest BCUT2D eigenvalue weighted by molar-refractivity contribution is 0.0299. The summed E-state index contributed by atoms with van der Waals surface area (Å²) in [6.07, 6.45) is 3.29. The first-order valence-electron chi connectivity index (χ1n) is 8.10. The van der Waals surface area contributed by atoms with Gasteiger partial charge in [0.25, 0.3) is 5.91 Å². The molecule has 2 saturated heterocycles. The predicted molar refractivity (Wildman–Crippen MR) is 87.8 cm³/mol. The fourth-order valence-corrected chi connectivity index (χ4v) is 3.36. The van der Waals surface area contributed by atoms with Gasteiger partial charge >= 0.3 is 0 Å². The Balaban J connectivity index is 1.54. The highest BCUT2D eigenvalue weighted by atomic mass is 16.5. The van der Waals surface area contributed by atoms with Crippen molar-refractivity contribution in [3.05, 3.63) is 47.9 Å². The Bertz CT molecular complexity index is 722. The van der Waals surface area contributed by atoms with Crippen LogP contribution in [0.2, 0.25) is 0 Å². The molecular formula is C17H19N5O2. The highest BCUT2D eigenvalue weighted by molar-refractivity contribution is 5.94. The Morgan fingerprint density at radius 1 is 1.17 bits per heavy atom. The molecule has 2 atom stereocenters. The molecule has 4 rings (SSSR count). The first kappa shape index (κ1) is 15.0. The SMILES string of the molecule is Cc1ccc(N2CCO[C@@H]3CN(C(=O)c4ccncc4)C[C@@H]32)nn1. The number of aryl methyl sites for hydroxylation is 1. The van der Waals surface area contributed by atoms with Gasteiger partial charge in [-0.15, -0.1) is 5.10 Å². The lowest BCUT2D eigenvalue weighted by Crippen LogP contribution is -2.51. The van der Waals surface area contributed by atoms with E-state index in [2.05, 4.69) is 20.1 Å². The molecule has 0 spiro atoms. The van der Waals surface area contributed by atoms with Crippen LogP contribution < -0.4 is 4.90 Å². The average molecular weight is 325 g/mol. The van der Waals surface area contributed by atoms with E-state index in [1.54, 1.807) is 24.5 Å². The maximum atomic E-state index is 12.7. The lowest BCUT2D eigenvalue weighted by atomic mass is 10.1. The van der Waals surface area contributed by atoms with Gasteiger partial charge in [0.1, 0.15) is 0 Å². The van der Waals surface area contributed by atoms with Gasteiger partial charge in [0.05, 0.1) is 24.4 Å². The molecular weight excluding hydrogens is 306 g/mol. The van der Waals surface area contributed by atoms with E-state index in [0.29, 0.717) is 25.3 Å². The van der Waals surface area contributed by atoms with Gasteiger partial charge in [0.15, 0.2) is 5.82 Å². The number of ether oxygens (including phenoxy) is 1. The Hall–Kier alpha value is -2.54. The summed E-state index contributed by atoms with van der Waals surface area (Å²) in [4.78, 5) is 20.7. The Morgan fingerprint density at radius 2 is 2.00 bits per heavy atom. The molecule has 0 bridgehead atoms. The summed E-state index contributed by atoms with van der Waals surface area (Å²) >= 11 is 0. The number of pyridine rings is 1. The summed E-state index contributed by atoms with van der Waals surface area (Å²) in [6.45, 7) is 4.54. The molecule has 2 fully saturated rings. The monoisotopic (exact) mass is 325 g/mol. The third-order valence-electron chi connectivity index (χ3n) is 4.59. The minimum atomic E-state index is 0.00707. The second-order valence-corrected chi connectivity index (χ2v) is 6.15. The average Bonchev–Trinajstić information content (AvgIpc) is 3.07. The van der Waals surface area contributed by atoms with Gasteiger partial charge < -0.3 is 14.5 Å². The molecule has 7 heteroatoms. The molecule has 0 saturated carbocycles. The maximum absolute atomic E-state index is 12.7. The molecule has 2 aromatic rings. The van der Waals surface area contributed by atoms with Crippen molar-refractivity contribution in [2.24, 2.45) is 0 Å². The van der Waals surface area contributed by atoms with Crippen LogP contribution in [0.15, 0.2) is 36.7 Å². The molecule has 124 valence electrons. The smallest absolute Gasteiger partial charge is 0.254 e. The third kappa shape index (κ3) is 2.71. The van der Waals surface area contributed by atoms with Gasteiger partial charge in [-0.05, 0) is 31.2 Å². The predicted octanol–water partition coefficient (Wildman–Crippen LogP) is 0.910. The Labute approximate surface area is 140 Å². The zero-order valence-corrected chi connectivity index (χ0v) is 13.5. The third-order valence-corrected chi connectivity index (χ3v) is 4.59. The van der Waals surface area contributed by atoms with Crippen LogP contribution in [0.4, 0.5) is 5.82 Å². The van der Waals surface area contributed by atoms with Crippen molar-refractivity contribution in [1.29, 1.82) is 0 Å². The number of fused-ring (bicyclic) bond motifs is 1. The standard InChI is InChI=1S/C17H19N5O2/c1-12-2-3-16(20-19-12)22-8-9-24-15-11-21(10-14(15)22)17(23)13-4-6-18-7-5-13/h2-7,14-15H,8-11H2,1H3/t14-,15+/m0/s1. The number of aromatic nitrogens is 3. The van der Waals surface area contributed by atoms with Crippen molar-refractivity contribution in [2.45, 2.75) is 19.1 Å². The summed E-state index contributed by atoms with van der Waals surface area (Å²) in [7, 11) is 0. The normalized spacial score (nSPS) is 23.2. The van der Waals surface area contributed by atoms with Crippen LogP contribution in [0.1, 0.15) is 16.1 Å². The lowest BCUT2D eigenvalue weighted by Gasteiger charge is -2.37. The van der Waals surface area contributed by atoms with Crippen molar-refractivity contribution in [3.8, 4) is 0 Å². The van der Waals surface area contributed by atoms with Crippen LogP contribution in [0.3, 0.4) is 0 Å². The van der Waals surface area contributed by atoms with E-state index in [0.717, 1.165) is 18.1 Å². The molecule has 7 nitrogen and oxygen atoms in total. The van der Waals surface area contributed by atoms with Crippen LogP contribution in [0, 0.1) is 6.92 Å². The van der Waals surface area contributed by atoms with Gasteiger partial charge in [-0.3, -0.25) is 9.78 Å². The van der Waals surface area contributed by atoms with Gasteiger partial charge in [-0.25, -0.2) is 0 Å². The van der Waals surface area contributed by atoms with Crippen LogP contribution in [-0.2, 0) is 4.74 Å². The van der Waals surface area contributed by atoms with Crippen molar-refractivity contribution in [2.75, 3.05) is 31.1 Å². The Morgan fingerprint density at radius 3 is 2.75 bits per heavy atom. The summed E-state index contributed by atoms with van der Waals surface area (Å²) in [5, 5.41) is 8.45. The number of hydrogen-bond acceptors (Lipinski definition) is 6. The molecule has 2 aromatic heterocycles. The van der Waals surface area contributed by atoms with Gasteiger partial charge in [-0.2, -0.15) is 5.10 Å². The zero-order chi connectivity index (χ0) is 16.5. The minimum Gasteiger partial charge on any atom is -0.372 e. The minimum absolute atomic E-state index is 0.00707. The largest absolute Gasteiger partial charge is 0.372 e. The summed E-state index contributed by atoms with van der Waals surface area (Å²) < 4.78 is 5.90. The molecule has 2 aliphatic heterocycles. The van der Waals surface area contributed by atoms with Crippen LogP contribution in [0.25, 0.3) is 0 Å². The first-order chi connectivity index (χ1) is 11.7. The van der Waals surface area contributed by atoms with E-state index in [1.165, 1.54) is 0 Å². The van der Waals surface area contributed by atoms with E-state index in [9.17, 15) is 4.79 Å². The highest BCUT2D eigenvalue weighted by Gasteiger charge is 2.42. The number of likely N-dealkylation sites (tertiary alicyclic amines) is 1. The highest BCUT2D eigenvalue weighted by Crippen LogP contribution is 2.27. The molecule has 0 aromatic carbocycles.